The van der Waals surface area contributed by atoms with Crippen LogP contribution in [0.1, 0.15) is 5.56 Å². The molecule has 0 atom stereocenters. The molecule has 1 N–H and O–H groups in total. The predicted octanol–water partition coefficient (Wildman–Crippen LogP) is 1.54. The Morgan fingerprint density at radius 3 is 2.86 bits per heavy atom. The Morgan fingerprint density at radius 1 is 1.36 bits per heavy atom. The lowest BCUT2D eigenvalue weighted by Gasteiger charge is -1.97. The molecule has 0 spiro atoms. The van der Waals surface area contributed by atoms with E-state index in [0.717, 1.165) is 0 Å². The molecule has 0 radical (unpaired) electrons. The molecule has 0 aliphatic heterocycles. The van der Waals surface area contributed by atoms with Crippen molar-refractivity contribution in [2.24, 2.45) is 0 Å². The summed E-state index contributed by atoms with van der Waals surface area (Å²) in [4.78, 5) is 13.6. The van der Waals surface area contributed by atoms with Crippen LogP contribution >= 0.6 is 0 Å². The van der Waals surface area contributed by atoms with Crippen LogP contribution in [0.25, 0.3) is 10.9 Å². The summed E-state index contributed by atoms with van der Waals surface area (Å²) in [7, 11) is 0. The first-order chi connectivity index (χ1) is 6.70. The van der Waals surface area contributed by atoms with Crippen LogP contribution in [0.15, 0.2) is 29.1 Å². The average Bonchev–Trinajstić information content (AvgIpc) is 2.16. The molecule has 1 aromatic carbocycles. The lowest BCUT2D eigenvalue weighted by Crippen LogP contribution is -2.09. The van der Waals surface area contributed by atoms with Crippen molar-refractivity contribution in [2.75, 3.05) is 0 Å². The molecule has 0 amide bonds. The normalized spacial score (nSPS) is 10.0. The van der Waals surface area contributed by atoms with Gasteiger partial charge < -0.3 is 4.98 Å². The van der Waals surface area contributed by atoms with Gasteiger partial charge in [0.25, 0.3) is 5.56 Å². The van der Waals surface area contributed by atoms with Crippen molar-refractivity contribution >= 4 is 10.9 Å². The molecule has 2 rings (SSSR count). The number of nitrogens with zero attached hydrogens (tertiary/aromatic N) is 1. The topological polar surface area (TPSA) is 56.6 Å². The van der Waals surface area contributed by atoms with Gasteiger partial charge in [-0.25, -0.2) is 4.39 Å². The van der Waals surface area contributed by atoms with Crippen LogP contribution in [0.4, 0.5) is 4.39 Å². The van der Waals surface area contributed by atoms with Gasteiger partial charge >= 0.3 is 0 Å². The molecule has 68 valence electrons. The first-order valence-electron chi connectivity index (χ1n) is 3.93. The summed E-state index contributed by atoms with van der Waals surface area (Å²) in [5.41, 5.74) is -0.0660. The molecular formula is C10H5FN2O. The number of hydrogen-bond acceptors (Lipinski definition) is 2. The van der Waals surface area contributed by atoms with Crippen molar-refractivity contribution in [3.63, 3.8) is 0 Å². The highest BCUT2D eigenvalue weighted by molar-refractivity contribution is 5.79. The molecule has 0 saturated carbocycles. The van der Waals surface area contributed by atoms with Crippen LogP contribution < -0.4 is 5.56 Å². The highest BCUT2D eigenvalue weighted by atomic mass is 19.1. The largest absolute Gasteiger partial charge is 0.321 e. The molecule has 1 aromatic heterocycles. The standard InChI is InChI=1S/C10H5FN2O/c11-8-2-1-6-3-7(5-12)10(14)13-9(6)4-8/h1-4H,(H,13,14). The third-order valence-corrected chi connectivity index (χ3v) is 1.93. The summed E-state index contributed by atoms with van der Waals surface area (Å²) < 4.78 is 12.8. The van der Waals surface area contributed by atoms with E-state index in [2.05, 4.69) is 4.98 Å². The number of hydrogen-bond donors (Lipinski definition) is 1. The Labute approximate surface area is 78.4 Å². The van der Waals surface area contributed by atoms with Gasteiger partial charge in [-0.1, -0.05) is 0 Å². The van der Waals surface area contributed by atoms with Crippen LogP contribution in [0, 0.1) is 17.1 Å². The van der Waals surface area contributed by atoms with Gasteiger partial charge in [-0.05, 0) is 29.7 Å². The number of pyridine rings is 1. The van der Waals surface area contributed by atoms with Gasteiger partial charge in [0.05, 0.1) is 5.52 Å². The van der Waals surface area contributed by atoms with E-state index in [1.54, 1.807) is 6.07 Å². The molecule has 0 unspecified atom stereocenters. The van der Waals surface area contributed by atoms with Crippen LogP contribution in [0.5, 0.6) is 0 Å². The predicted molar refractivity (Wildman–Crippen MR) is 49.2 cm³/mol. The first kappa shape index (κ1) is 8.45. The lowest BCUT2D eigenvalue weighted by molar-refractivity contribution is 0.629. The number of fused-ring (bicyclic) bond motifs is 1. The second-order valence-electron chi connectivity index (χ2n) is 2.86. The minimum Gasteiger partial charge on any atom is -0.321 e. The van der Waals surface area contributed by atoms with Crippen LogP contribution in [0.2, 0.25) is 0 Å². The molecule has 0 saturated heterocycles. The maximum Gasteiger partial charge on any atom is 0.266 e. The van der Waals surface area contributed by atoms with Crippen molar-refractivity contribution in [3.8, 4) is 6.07 Å². The van der Waals surface area contributed by atoms with E-state index in [-0.39, 0.29) is 5.56 Å². The zero-order valence-corrected chi connectivity index (χ0v) is 7.04. The van der Waals surface area contributed by atoms with Crippen LogP contribution in [0.3, 0.4) is 0 Å². The van der Waals surface area contributed by atoms with E-state index < -0.39 is 11.4 Å². The Balaban J connectivity index is 2.88. The third kappa shape index (κ3) is 1.25. The van der Waals surface area contributed by atoms with E-state index in [9.17, 15) is 9.18 Å². The molecule has 0 aliphatic carbocycles. The molecule has 14 heavy (non-hydrogen) atoms. The number of aromatic nitrogens is 1. The van der Waals surface area contributed by atoms with E-state index >= 15 is 0 Å². The number of benzene rings is 1. The van der Waals surface area contributed by atoms with Gasteiger partial charge in [0.1, 0.15) is 17.4 Å². The van der Waals surface area contributed by atoms with Gasteiger partial charge in [-0.15, -0.1) is 0 Å². The highest BCUT2D eigenvalue weighted by Crippen LogP contribution is 2.11. The zero-order chi connectivity index (χ0) is 10.1. The highest BCUT2D eigenvalue weighted by Gasteiger charge is 2.01. The summed E-state index contributed by atoms with van der Waals surface area (Å²) in [6.45, 7) is 0. The number of H-pyrrole nitrogens is 1. The van der Waals surface area contributed by atoms with Crippen molar-refractivity contribution in [1.82, 2.24) is 4.98 Å². The molecule has 0 fully saturated rings. The zero-order valence-electron chi connectivity index (χ0n) is 7.04. The minimum absolute atomic E-state index is 0.0316. The Morgan fingerprint density at radius 2 is 2.14 bits per heavy atom. The van der Waals surface area contributed by atoms with E-state index in [1.165, 1.54) is 24.3 Å². The minimum atomic E-state index is -0.495. The van der Waals surface area contributed by atoms with Crippen molar-refractivity contribution in [1.29, 1.82) is 5.26 Å². The smallest absolute Gasteiger partial charge is 0.266 e. The SMILES string of the molecule is N#Cc1cc2ccc(F)cc2[nH]c1=O. The fraction of sp³-hybridized carbons (Fsp3) is 0. The second kappa shape index (κ2) is 2.96. The molecule has 1 heterocycles. The Hall–Kier alpha value is -2.15. The Bertz CT molecular complexity index is 595. The van der Waals surface area contributed by atoms with Crippen LogP contribution in [-0.2, 0) is 0 Å². The summed E-state index contributed by atoms with van der Waals surface area (Å²) in [6.07, 6.45) is 0. The number of nitriles is 1. The maximum atomic E-state index is 12.8. The first-order valence-corrected chi connectivity index (χ1v) is 3.93. The fourth-order valence-corrected chi connectivity index (χ4v) is 1.26. The van der Waals surface area contributed by atoms with E-state index in [1.807, 2.05) is 0 Å². The maximum absolute atomic E-state index is 12.8. The molecular weight excluding hydrogens is 183 g/mol. The van der Waals surface area contributed by atoms with Gasteiger partial charge in [0.15, 0.2) is 0 Å². The number of rotatable bonds is 0. The number of nitrogens with one attached hydrogen (secondary N) is 1. The summed E-state index contributed by atoms with van der Waals surface area (Å²) in [6, 6.07) is 7.22. The number of halogens is 1. The molecule has 3 nitrogen and oxygen atoms in total. The fourth-order valence-electron chi connectivity index (χ4n) is 1.26. The molecule has 0 aliphatic rings. The summed E-state index contributed by atoms with van der Waals surface area (Å²) in [5.74, 6) is -0.419. The molecule has 4 heteroatoms. The van der Waals surface area contributed by atoms with Gasteiger partial charge in [-0.2, -0.15) is 5.26 Å². The Kier molecular flexibility index (Phi) is 1.79. The van der Waals surface area contributed by atoms with Crippen molar-refractivity contribution < 1.29 is 4.39 Å². The van der Waals surface area contributed by atoms with Gasteiger partial charge in [-0.3, -0.25) is 4.79 Å². The molecule has 0 bridgehead atoms. The van der Waals surface area contributed by atoms with Crippen molar-refractivity contribution in [2.45, 2.75) is 0 Å². The van der Waals surface area contributed by atoms with Crippen LogP contribution in [-0.4, -0.2) is 4.98 Å². The summed E-state index contributed by atoms with van der Waals surface area (Å²) >= 11 is 0. The molecule has 2 aromatic rings. The average molecular weight is 188 g/mol. The van der Waals surface area contributed by atoms with Gasteiger partial charge in [0.2, 0.25) is 0 Å². The van der Waals surface area contributed by atoms with E-state index in [0.29, 0.717) is 10.9 Å². The monoisotopic (exact) mass is 188 g/mol. The summed E-state index contributed by atoms with van der Waals surface area (Å²) in [5, 5.41) is 9.23. The quantitative estimate of drug-likeness (QED) is 0.681. The second-order valence-corrected chi connectivity index (χ2v) is 2.86. The number of aromatic amines is 1. The van der Waals surface area contributed by atoms with Crippen molar-refractivity contribution in [3.05, 3.63) is 46.0 Å². The third-order valence-electron chi connectivity index (χ3n) is 1.93. The van der Waals surface area contributed by atoms with Gasteiger partial charge in [0, 0.05) is 0 Å². The lowest BCUT2D eigenvalue weighted by atomic mass is 10.2. The van der Waals surface area contributed by atoms with E-state index in [4.69, 9.17) is 5.26 Å².